The monoisotopic (exact) mass is 403 g/mol. The number of carboxylic acid groups (broad SMARTS) is 2. The molecule has 1 aliphatic heterocycles. The lowest BCUT2D eigenvalue weighted by Crippen LogP contribution is -2.25. The number of hydrogen-bond donors (Lipinski definition) is 2. The van der Waals surface area contributed by atoms with E-state index in [0.29, 0.717) is 12.2 Å². The number of ether oxygens (including phenoxy) is 1. The SMILES string of the molecule is O=C(O)/C=C\C(=O)O.c1ccn2nc(OCCCCN3CCCCCC3)cc2c1. The quantitative estimate of drug-likeness (QED) is 0.515. The Morgan fingerprint density at radius 3 is 2.34 bits per heavy atom. The molecule has 8 heteroatoms. The summed E-state index contributed by atoms with van der Waals surface area (Å²) in [5, 5.41) is 20.0. The van der Waals surface area contributed by atoms with E-state index < -0.39 is 11.9 Å². The molecular formula is C21H29N3O5. The van der Waals surface area contributed by atoms with Crippen molar-refractivity contribution < 1.29 is 24.5 Å². The van der Waals surface area contributed by atoms with Crippen LogP contribution in [0.5, 0.6) is 5.88 Å². The van der Waals surface area contributed by atoms with E-state index in [9.17, 15) is 9.59 Å². The van der Waals surface area contributed by atoms with Crippen LogP contribution in [0.2, 0.25) is 0 Å². The van der Waals surface area contributed by atoms with Gasteiger partial charge in [-0.15, -0.1) is 5.10 Å². The molecule has 0 atom stereocenters. The van der Waals surface area contributed by atoms with Crippen LogP contribution in [0.4, 0.5) is 0 Å². The normalized spacial score (nSPS) is 14.9. The summed E-state index contributed by atoms with van der Waals surface area (Å²) in [5.74, 6) is -1.78. The molecule has 0 saturated carbocycles. The van der Waals surface area contributed by atoms with Crippen LogP contribution in [0.1, 0.15) is 38.5 Å². The second-order valence-electron chi connectivity index (χ2n) is 6.87. The van der Waals surface area contributed by atoms with Crippen LogP contribution in [0.3, 0.4) is 0 Å². The van der Waals surface area contributed by atoms with Crippen LogP contribution < -0.4 is 4.74 Å². The molecule has 158 valence electrons. The highest BCUT2D eigenvalue weighted by atomic mass is 16.5. The average molecular weight is 403 g/mol. The van der Waals surface area contributed by atoms with Crippen molar-refractivity contribution in [1.29, 1.82) is 0 Å². The number of carbonyl (C=O) groups is 2. The van der Waals surface area contributed by atoms with Gasteiger partial charge in [0.2, 0.25) is 5.88 Å². The van der Waals surface area contributed by atoms with Gasteiger partial charge in [0.25, 0.3) is 0 Å². The lowest BCUT2D eigenvalue weighted by Gasteiger charge is -2.19. The lowest BCUT2D eigenvalue weighted by molar-refractivity contribution is -0.134. The molecule has 1 aliphatic rings. The van der Waals surface area contributed by atoms with E-state index in [2.05, 4.69) is 10.00 Å². The van der Waals surface area contributed by atoms with E-state index in [0.717, 1.165) is 24.4 Å². The highest BCUT2D eigenvalue weighted by Crippen LogP contribution is 2.13. The zero-order chi connectivity index (χ0) is 20.9. The molecule has 0 aromatic carbocycles. The first kappa shape index (κ1) is 22.4. The van der Waals surface area contributed by atoms with Crippen LogP contribution >= 0.6 is 0 Å². The zero-order valence-electron chi connectivity index (χ0n) is 16.6. The largest absolute Gasteiger partial charge is 0.478 e. The van der Waals surface area contributed by atoms with Gasteiger partial charge in [-0.05, 0) is 57.5 Å². The Kier molecular flexibility index (Phi) is 9.71. The van der Waals surface area contributed by atoms with Crippen LogP contribution in [0, 0.1) is 0 Å². The molecule has 3 rings (SSSR count). The van der Waals surface area contributed by atoms with Gasteiger partial charge in [-0.25, -0.2) is 14.1 Å². The van der Waals surface area contributed by atoms with Crippen LogP contribution in [-0.2, 0) is 9.59 Å². The number of likely N-dealkylation sites (tertiary alicyclic amines) is 1. The molecule has 29 heavy (non-hydrogen) atoms. The minimum absolute atomic E-state index is 0.558. The number of carboxylic acids is 2. The Morgan fingerprint density at radius 2 is 1.72 bits per heavy atom. The van der Waals surface area contributed by atoms with E-state index in [-0.39, 0.29) is 0 Å². The minimum atomic E-state index is -1.26. The third-order valence-electron chi connectivity index (χ3n) is 4.53. The van der Waals surface area contributed by atoms with Crippen LogP contribution in [-0.4, -0.2) is 62.9 Å². The summed E-state index contributed by atoms with van der Waals surface area (Å²) in [6.45, 7) is 4.55. The zero-order valence-corrected chi connectivity index (χ0v) is 16.6. The summed E-state index contributed by atoms with van der Waals surface area (Å²) in [6.07, 6.45) is 10.9. The number of nitrogens with zero attached hydrogens (tertiary/aromatic N) is 3. The molecule has 8 nitrogen and oxygen atoms in total. The molecule has 2 N–H and O–H groups in total. The van der Waals surface area contributed by atoms with Gasteiger partial charge in [0, 0.05) is 24.4 Å². The first-order valence-electron chi connectivity index (χ1n) is 9.98. The summed E-state index contributed by atoms with van der Waals surface area (Å²) >= 11 is 0. The molecule has 0 radical (unpaired) electrons. The number of rotatable bonds is 8. The van der Waals surface area contributed by atoms with Crippen LogP contribution in [0.15, 0.2) is 42.6 Å². The Hall–Kier alpha value is -2.87. The first-order valence-corrected chi connectivity index (χ1v) is 9.98. The number of unbranched alkanes of at least 4 members (excludes halogenated alkanes) is 1. The topological polar surface area (TPSA) is 104 Å². The van der Waals surface area contributed by atoms with E-state index >= 15 is 0 Å². The second-order valence-corrected chi connectivity index (χ2v) is 6.87. The molecular weight excluding hydrogens is 374 g/mol. The van der Waals surface area contributed by atoms with Crippen molar-refractivity contribution in [3.05, 3.63) is 42.6 Å². The van der Waals surface area contributed by atoms with Crippen molar-refractivity contribution in [2.24, 2.45) is 0 Å². The van der Waals surface area contributed by atoms with Gasteiger partial charge >= 0.3 is 11.9 Å². The Morgan fingerprint density at radius 1 is 1.03 bits per heavy atom. The van der Waals surface area contributed by atoms with Crippen LogP contribution in [0.25, 0.3) is 5.52 Å². The van der Waals surface area contributed by atoms with Crippen molar-refractivity contribution in [3.8, 4) is 5.88 Å². The first-order chi connectivity index (χ1) is 14.0. The van der Waals surface area contributed by atoms with Gasteiger partial charge in [-0.1, -0.05) is 18.9 Å². The third-order valence-corrected chi connectivity index (χ3v) is 4.53. The molecule has 0 unspecified atom stereocenters. The summed E-state index contributed by atoms with van der Waals surface area (Å²) in [5.41, 5.74) is 1.08. The van der Waals surface area contributed by atoms with Crippen molar-refractivity contribution in [3.63, 3.8) is 0 Å². The van der Waals surface area contributed by atoms with E-state index in [1.165, 1.54) is 51.7 Å². The summed E-state index contributed by atoms with van der Waals surface area (Å²) in [7, 11) is 0. The number of hydrogen-bond acceptors (Lipinski definition) is 5. The van der Waals surface area contributed by atoms with Gasteiger partial charge in [0.1, 0.15) is 0 Å². The maximum absolute atomic E-state index is 9.55. The fraction of sp³-hybridized carbons (Fsp3) is 0.476. The molecule has 0 aliphatic carbocycles. The van der Waals surface area contributed by atoms with Crippen molar-refractivity contribution >= 4 is 17.5 Å². The smallest absolute Gasteiger partial charge is 0.328 e. The van der Waals surface area contributed by atoms with Gasteiger partial charge in [0.05, 0.1) is 12.1 Å². The van der Waals surface area contributed by atoms with E-state index in [1.54, 1.807) is 0 Å². The fourth-order valence-corrected chi connectivity index (χ4v) is 3.10. The number of aliphatic carboxylic acids is 2. The predicted octanol–water partition coefficient (Wildman–Crippen LogP) is 3.08. The van der Waals surface area contributed by atoms with Gasteiger partial charge < -0.3 is 19.8 Å². The molecule has 1 fully saturated rings. The summed E-state index contributed by atoms with van der Waals surface area (Å²) in [4.78, 5) is 21.7. The second kappa shape index (κ2) is 12.6. The van der Waals surface area contributed by atoms with Crippen molar-refractivity contribution in [1.82, 2.24) is 14.5 Å². The summed E-state index contributed by atoms with van der Waals surface area (Å²) in [6, 6.07) is 8.03. The molecule has 1 saturated heterocycles. The Labute approximate surface area is 170 Å². The maximum Gasteiger partial charge on any atom is 0.328 e. The summed E-state index contributed by atoms with van der Waals surface area (Å²) < 4.78 is 7.61. The van der Waals surface area contributed by atoms with E-state index in [1.807, 2.05) is 35.0 Å². The molecule has 2 aromatic rings. The standard InChI is InChI=1S/C17H25N3O.C4H4O4/c1-2-5-11-19(10-4-1)12-7-8-14-21-17-15-16-9-3-6-13-20(16)18-17;5-3(6)1-2-4(7)8/h3,6,9,13,15H,1-2,4-5,7-8,10-12,14H2;1-2H,(H,5,6)(H,7,8)/b;2-1-. The number of pyridine rings is 1. The average Bonchev–Trinajstić information content (AvgIpc) is 2.93. The molecule has 2 aromatic heterocycles. The highest BCUT2D eigenvalue weighted by molar-refractivity contribution is 5.89. The van der Waals surface area contributed by atoms with Gasteiger partial charge in [-0.2, -0.15) is 0 Å². The van der Waals surface area contributed by atoms with Crippen molar-refractivity contribution in [2.45, 2.75) is 38.5 Å². The van der Waals surface area contributed by atoms with Crippen molar-refractivity contribution in [2.75, 3.05) is 26.2 Å². The fourth-order valence-electron chi connectivity index (χ4n) is 3.10. The number of fused-ring (bicyclic) bond motifs is 1. The van der Waals surface area contributed by atoms with Gasteiger partial charge in [-0.3, -0.25) is 0 Å². The molecule has 0 bridgehead atoms. The predicted molar refractivity (Wildman–Crippen MR) is 109 cm³/mol. The lowest BCUT2D eigenvalue weighted by atomic mass is 10.2. The number of aromatic nitrogens is 2. The molecule has 0 amide bonds. The minimum Gasteiger partial charge on any atom is -0.478 e. The van der Waals surface area contributed by atoms with Gasteiger partial charge in [0.15, 0.2) is 0 Å². The molecule has 0 spiro atoms. The Balaban J connectivity index is 0.000000321. The third kappa shape index (κ3) is 9.25. The Bertz CT molecular complexity index is 745. The maximum atomic E-state index is 9.55. The van der Waals surface area contributed by atoms with E-state index in [4.69, 9.17) is 14.9 Å². The molecule has 3 heterocycles. The highest BCUT2D eigenvalue weighted by Gasteiger charge is 2.08.